The van der Waals surface area contributed by atoms with Crippen LogP contribution in [0.4, 0.5) is 0 Å². The number of ether oxygens (including phenoxy) is 1. The number of carbonyl (C=O) groups excluding carboxylic acids is 1. The Hall–Kier alpha value is -3.61. The van der Waals surface area contributed by atoms with Crippen LogP contribution < -0.4 is 10.1 Å². The van der Waals surface area contributed by atoms with Crippen LogP contribution in [0.1, 0.15) is 16.1 Å². The number of H-pyrrole nitrogens is 2. The molecule has 3 aromatic heterocycles. The van der Waals surface area contributed by atoms with Crippen LogP contribution in [0.15, 0.2) is 55.0 Å². The summed E-state index contributed by atoms with van der Waals surface area (Å²) in [6, 6.07) is 13.2. The molecule has 1 aromatic carbocycles. The second-order valence-corrected chi connectivity index (χ2v) is 5.82. The first-order valence-electron chi connectivity index (χ1n) is 8.12. The third kappa shape index (κ3) is 3.14. The molecule has 7 nitrogen and oxygen atoms in total. The minimum atomic E-state index is -0.186. The molecule has 0 radical (unpaired) electrons. The smallest absolute Gasteiger partial charge is 0.268 e. The van der Waals surface area contributed by atoms with Gasteiger partial charge in [0.1, 0.15) is 17.1 Å². The molecule has 0 spiro atoms. The minimum absolute atomic E-state index is 0.186. The molecule has 0 bridgehead atoms. The number of nitrogens with zero attached hydrogens (tertiary/aromatic N) is 2. The Bertz CT molecular complexity index is 1050. The molecule has 130 valence electrons. The van der Waals surface area contributed by atoms with Crippen molar-refractivity contribution < 1.29 is 9.53 Å². The summed E-state index contributed by atoms with van der Waals surface area (Å²) in [6.07, 6.45) is 3.31. The molecule has 0 fully saturated rings. The molecule has 3 heterocycles. The van der Waals surface area contributed by atoms with Crippen LogP contribution >= 0.6 is 0 Å². The topological polar surface area (TPSA) is 95.7 Å². The quantitative estimate of drug-likeness (QED) is 0.517. The highest BCUT2D eigenvalue weighted by Crippen LogP contribution is 2.19. The Kier molecular flexibility index (Phi) is 4.10. The Balaban J connectivity index is 1.51. The number of carbonyl (C=O) groups is 1. The molecule has 0 aliphatic rings. The monoisotopic (exact) mass is 347 g/mol. The van der Waals surface area contributed by atoms with E-state index in [0.717, 1.165) is 28.1 Å². The minimum Gasteiger partial charge on any atom is -0.497 e. The van der Waals surface area contributed by atoms with Crippen molar-refractivity contribution in [2.75, 3.05) is 7.11 Å². The van der Waals surface area contributed by atoms with Gasteiger partial charge in [0.05, 0.1) is 31.0 Å². The number of fused-ring (bicyclic) bond motifs is 1. The van der Waals surface area contributed by atoms with Crippen LogP contribution in [-0.4, -0.2) is 33.0 Å². The number of pyridine rings is 1. The van der Waals surface area contributed by atoms with Crippen LogP contribution in [0, 0.1) is 0 Å². The fraction of sp³-hybridized carbons (Fsp3) is 0.105. The SMILES string of the molecule is COc1cccc(CNC(=O)c2cc3ccc(-c4cnc[nH]4)nc3[nH]2)c1. The maximum atomic E-state index is 12.4. The van der Waals surface area contributed by atoms with Gasteiger partial charge in [-0.05, 0) is 35.9 Å². The van der Waals surface area contributed by atoms with E-state index in [0.29, 0.717) is 17.9 Å². The number of amides is 1. The molecule has 0 aliphatic carbocycles. The largest absolute Gasteiger partial charge is 0.497 e. The van der Waals surface area contributed by atoms with Crippen molar-refractivity contribution in [2.45, 2.75) is 6.54 Å². The summed E-state index contributed by atoms with van der Waals surface area (Å²) in [5.41, 5.74) is 3.68. The lowest BCUT2D eigenvalue weighted by atomic mass is 10.2. The van der Waals surface area contributed by atoms with E-state index in [2.05, 4.69) is 25.3 Å². The number of rotatable bonds is 5. The molecule has 0 atom stereocenters. The third-order valence-electron chi connectivity index (χ3n) is 4.09. The highest BCUT2D eigenvalue weighted by molar-refractivity contribution is 5.97. The van der Waals surface area contributed by atoms with Gasteiger partial charge in [-0.3, -0.25) is 4.79 Å². The molecule has 7 heteroatoms. The standard InChI is InChI=1S/C19H17N5O2/c1-26-14-4-2-3-12(7-14)9-21-19(25)16-8-13-5-6-15(23-18(13)24-16)17-10-20-11-22-17/h2-8,10-11H,9H2,1H3,(H,20,22)(H,21,25)(H,23,24). The molecular weight excluding hydrogens is 330 g/mol. The van der Waals surface area contributed by atoms with Gasteiger partial charge in [-0.25, -0.2) is 9.97 Å². The van der Waals surface area contributed by atoms with E-state index in [4.69, 9.17) is 4.74 Å². The van der Waals surface area contributed by atoms with Gasteiger partial charge < -0.3 is 20.0 Å². The number of benzene rings is 1. The van der Waals surface area contributed by atoms with Gasteiger partial charge in [-0.1, -0.05) is 12.1 Å². The lowest BCUT2D eigenvalue weighted by molar-refractivity contribution is 0.0946. The van der Waals surface area contributed by atoms with Crippen LogP contribution in [0.25, 0.3) is 22.4 Å². The molecule has 26 heavy (non-hydrogen) atoms. The highest BCUT2D eigenvalue weighted by Gasteiger charge is 2.11. The molecule has 0 saturated carbocycles. The van der Waals surface area contributed by atoms with Gasteiger partial charge in [-0.15, -0.1) is 0 Å². The summed E-state index contributed by atoms with van der Waals surface area (Å²) >= 11 is 0. The van der Waals surface area contributed by atoms with Crippen LogP contribution in [0.2, 0.25) is 0 Å². The van der Waals surface area contributed by atoms with Gasteiger partial charge in [0.15, 0.2) is 0 Å². The Morgan fingerprint density at radius 1 is 1.23 bits per heavy atom. The second kappa shape index (κ2) is 6.72. The molecule has 0 unspecified atom stereocenters. The lowest BCUT2D eigenvalue weighted by Gasteiger charge is -2.06. The first kappa shape index (κ1) is 15.9. The summed E-state index contributed by atoms with van der Waals surface area (Å²) in [6.45, 7) is 0.415. The average Bonchev–Trinajstić information content (AvgIpc) is 3.35. The molecular formula is C19H17N5O2. The second-order valence-electron chi connectivity index (χ2n) is 5.82. The van der Waals surface area contributed by atoms with Crippen molar-refractivity contribution in [2.24, 2.45) is 0 Å². The van der Waals surface area contributed by atoms with Gasteiger partial charge in [0.2, 0.25) is 0 Å². The van der Waals surface area contributed by atoms with Gasteiger partial charge in [0.25, 0.3) is 5.91 Å². The molecule has 0 aliphatic heterocycles. The van der Waals surface area contributed by atoms with E-state index in [9.17, 15) is 4.79 Å². The van der Waals surface area contributed by atoms with E-state index in [1.165, 1.54) is 0 Å². The van der Waals surface area contributed by atoms with Crippen molar-refractivity contribution >= 4 is 16.9 Å². The van der Waals surface area contributed by atoms with E-state index in [-0.39, 0.29) is 5.91 Å². The first-order chi connectivity index (χ1) is 12.7. The van der Waals surface area contributed by atoms with E-state index >= 15 is 0 Å². The zero-order valence-corrected chi connectivity index (χ0v) is 14.1. The van der Waals surface area contributed by atoms with E-state index < -0.39 is 0 Å². The van der Waals surface area contributed by atoms with Crippen molar-refractivity contribution in [1.82, 2.24) is 25.3 Å². The van der Waals surface area contributed by atoms with E-state index in [1.54, 1.807) is 25.7 Å². The van der Waals surface area contributed by atoms with Gasteiger partial charge >= 0.3 is 0 Å². The number of aromatic nitrogens is 4. The summed E-state index contributed by atoms with van der Waals surface area (Å²) in [4.78, 5) is 27.1. The molecule has 4 aromatic rings. The van der Waals surface area contributed by atoms with Crippen LogP contribution in [0.5, 0.6) is 5.75 Å². The summed E-state index contributed by atoms with van der Waals surface area (Å²) < 4.78 is 5.19. The van der Waals surface area contributed by atoms with Crippen LogP contribution in [-0.2, 0) is 6.54 Å². The average molecular weight is 347 g/mol. The third-order valence-corrected chi connectivity index (χ3v) is 4.09. The Morgan fingerprint density at radius 3 is 2.96 bits per heavy atom. The maximum Gasteiger partial charge on any atom is 0.268 e. The fourth-order valence-electron chi connectivity index (χ4n) is 2.73. The predicted molar refractivity (Wildman–Crippen MR) is 97.8 cm³/mol. The molecule has 1 amide bonds. The van der Waals surface area contributed by atoms with Crippen molar-refractivity contribution in [3.8, 4) is 17.1 Å². The zero-order valence-electron chi connectivity index (χ0n) is 14.1. The number of imidazole rings is 1. The lowest BCUT2D eigenvalue weighted by Crippen LogP contribution is -2.23. The van der Waals surface area contributed by atoms with Gasteiger partial charge in [0, 0.05) is 11.9 Å². The number of hydrogen-bond acceptors (Lipinski definition) is 4. The number of methoxy groups -OCH3 is 1. The van der Waals surface area contributed by atoms with Crippen LogP contribution in [0.3, 0.4) is 0 Å². The predicted octanol–water partition coefficient (Wildman–Crippen LogP) is 2.89. The summed E-state index contributed by atoms with van der Waals surface area (Å²) in [7, 11) is 1.62. The van der Waals surface area contributed by atoms with E-state index in [1.807, 2.05) is 36.4 Å². The van der Waals surface area contributed by atoms with Crippen molar-refractivity contribution in [3.05, 3.63) is 66.2 Å². The number of hydrogen-bond donors (Lipinski definition) is 3. The number of aromatic amines is 2. The first-order valence-corrected chi connectivity index (χ1v) is 8.12. The fourth-order valence-corrected chi connectivity index (χ4v) is 2.73. The molecule has 3 N–H and O–H groups in total. The molecule has 0 saturated heterocycles. The van der Waals surface area contributed by atoms with Gasteiger partial charge in [-0.2, -0.15) is 0 Å². The normalized spacial score (nSPS) is 10.8. The maximum absolute atomic E-state index is 12.4. The Labute approximate surface area is 149 Å². The zero-order chi connectivity index (χ0) is 17.9. The summed E-state index contributed by atoms with van der Waals surface area (Å²) in [5.74, 6) is 0.576. The molecule has 4 rings (SSSR count). The Morgan fingerprint density at radius 2 is 2.15 bits per heavy atom. The summed E-state index contributed by atoms with van der Waals surface area (Å²) in [5, 5.41) is 3.77. The number of nitrogens with one attached hydrogen (secondary N) is 3. The highest BCUT2D eigenvalue weighted by atomic mass is 16.5. The van der Waals surface area contributed by atoms with Crippen molar-refractivity contribution in [1.29, 1.82) is 0 Å². The van der Waals surface area contributed by atoms with Crippen molar-refractivity contribution in [3.63, 3.8) is 0 Å².